The Hall–Kier alpha value is -2.13. The molecule has 0 saturated heterocycles. The fourth-order valence-electron chi connectivity index (χ4n) is 3.35. The zero-order valence-corrected chi connectivity index (χ0v) is 15.6. The van der Waals surface area contributed by atoms with Crippen molar-refractivity contribution in [2.24, 2.45) is 0 Å². The molecular weight excluding hydrogens is 310 g/mol. The van der Waals surface area contributed by atoms with Crippen LogP contribution in [0, 0.1) is 0 Å². The number of esters is 1. The summed E-state index contributed by atoms with van der Waals surface area (Å²) in [6, 6.07) is 18.4. The lowest BCUT2D eigenvalue weighted by Gasteiger charge is -2.34. The van der Waals surface area contributed by atoms with Crippen molar-refractivity contribution in [3.8, 4) is 0 Å². The van der Waals surface area contributed by atoms with Crippen LogP contribution in [0.3, 0.4) is 0 Å². The van der Waals surface area contributed by atoms with Crippen LogP contribution < -0.4 is 0 Å². The Labute approximate surface area is 150 Å². The fourth-order valence-corrected chi connectivity index (χ4v) is 3.35. The molecule has 0 unspecified atom stereocenters. The third-order valence-electron chi connectivity index (χ3n) is 5.59. The molecule has 3 heteroatoms. The number of hydrogen-bond donors (Lipinski definition) is 0. The van der Waals surface area contributed by atoms with Gasteiger partial charge in [0.1, 0.15) is 12.0 Å². The number of ether oxygens (including phenoxy) is 1. The molecule has 0 heterocycles. The summed E-state index contributed by atoms with van der Waals surface area (Å²) >= 11 is 0. The first-order valence-corrected chi connectivity index (χ1v) is 8.82. The fraction of sp³-hybridized carbons (Fsp3) is 0.409. The largest absolute Gasteiger partial charge is 0.463 e. The number of nitrogens with zero attached hydrogens (tertiary/aromatic N) is 1. The molecule has 0 aromatic heterocycles. The summed E-state index contributed by atoms with van der Waals surface area (Å²) in [5.74, 6) is -0.121. The maximum absolute atomic E-state index is 13.3. The van der Waals surface area contributed by atoms with E-state index in [1.54, 1.807) is 0 Å². The van der Waals surface area contributed by atoms with Crippen LogP contribution in [0.25, 0.3) is 0 Å². The molecule has 2 aromatic carbocycles. The van der Waals surface area contributed by atoms with E-state index in [0.29, 0.717) is 19.4 Å². The summed E-state index contributed by atoms with van der Waals surface area (Å²) in [5, 5.41) is 0. The number of carbonyl (C=O) groups is 1. The van der Waals surface area contributed by atoms with Crippen LogP contribution in [0.15, 0.2) is 54.6 Å². The van der Waals surface area contributed by atoms with Gasteiger partial charge in [0.05, 0.1) is 0 Å². The molecule has 3 nitrogen and oxygen atoms in total. The van der Waals surface area contributed by atoms with Crippen molar-refractivity contribution in [1.29, 1.82) is 0 Å². The first-order valence-electron chi connectivity index (χ1n) is 8.82. The average molecular weight is 337 g/mol. The van der Waals surface area contributed by atoms with Gasteiger partial charge in [-0.1, -0.05) is 54.6 Å². The standard InChI is InChI=1S/C22H27NO2/c1-21(2,23(3)4)16-25-20(24)22(19-12-6-5-7-13-19)14-17-10-8-9-11-18(17)15-22/h5-13H,14-16H2,1-4H3. The summed E-state index contributed by atoms with van der Waals surface area (Å²) in [6.45, 7) is 4.54. The van der Waals surface area contributed by atoms with Crippen LogP contribution in [-0.4, -0.2) is 37.1 Å². The number of rotatable bonds is 5. The number of benzene rings is 2. The lowest BCUT2D eigenvalue weighted by molar-refractivity contribution is -0.153. The number of hydrogen-bond acceptors (Lipinski definition) is 3. The highest BCUT2D eigenvalue weighted by Crippen LogP contribution is 2.41. The molecule has 132 valence electrons. The van der Waals surface area contributed by atoms with Crippen LogP contribution in [-0.2, 0) is 27.8 Å². The van der Waals surface area contributed by atoms with Gasteiger partial charge in [-0.05, 0) is 57.5 Å². The van der Waals surface area contributed by atoms with Gasteiger partial charge in [-0.2, -0.15) is 0 Å². The van der Waals surface area contributed by atoms with Crippen molar-refractivity contribution in [3.05, 3.63) is 71.3 Å². The van der Waals surface area contributed by atoms with Gasteiger partial charge in [-0.25, -0.2) is 0 Å². The Balaban J connectivity index is 1.90. The topological polar surface area (TPSA) is 29.5 Å². The summed E-state index contributed by atoms with van der Waals surface area (Å²) in [5.41, 5.74) is 2.72. The van der Waals surface area contributed by atoms with E-state index >= 15 is 0 Å². The van der Waals surface area contributed by atoms with Gasteiger partial charge < -0.3 is 9.64 Å². The van der Waals surface area contributed by atoms with Crippen LogP contribution in [0.1, 0.15) is 30.5 Å². The highest BCUT2D eigenvalue weighted by molar-refractivity contribution is 5.85. The summed E-state index contributed by atoms with van der Waals surface area (Å²) < 4.78 is 5.86. The molecule has 0 radical (unpaired) electrons. The zero-order chi connectivity index (χ0) is 18.1. The van der Waals surface area contributed by atoms with Gasteiger partial charge in [-0.15, -0.1) is 0 Å². The molecule has 0 aliphatic heterocycles. The van der Waals surface area contributed by atoms with Gasteiger partial charge in [0.15, 0.2) is 0 Å². The van der Waals surface area contributed by atoms with E-state index in [-0.39, 0.29) is 11.5 Å². The van der Waals surface area contributed by atoms with E-state index < -0.39 is 5.41 Å². The lowest BCUT2D eigenvalue weighted by Crippen LogP contribution is -2.46. The van der Waals surface area contributed by atoms with Crippen LogP contribution >= 0.6 is 0 Å². The van der Waals surface area contributed by atoms with E-state index in [4.69, 9.17) is 4.74 Å². The van der Waals surface area contributed by atoms with Gasteiger partial charge in [-0.3, -0.25) is 4.79 Å². The van der Waals surface area contributed by atoms with Gasteiger partial charge >= 0.3 is 5.97 Å². The number of carbonyl (C=O) groups excluding carboxylic acids is 1. The Morgan fingerprint density at radius 3 is 2.04 bits per heavy atom. The minimum atomic E-state index is -0.618. The normalized spacial score (nSPS) is 15.9. The molecule has 0 atom stereocenters. The number of likely N-dealkylation sites (N-methyl/N-ethyl adjacent to an activating group) is 1. The third-order valence-corrected chi connectivity index (χ3v) is 5.59. The Kier molecular flexibility index (Phi) is 4.70. The highest BCUT2D eigenvalue weighted by Gasteiger charge is 2.47. The van der Waals surface area contributed by atoms with E-state index in [0.717, 1.165) is 5.56 Å². The first kappa shape index (κ1) is 17.7. The van der Waals surface area contributed by atoms with Crippen molar-refractivity contribution in [2.75, 3.05) is 20.7 Å². The molecular formula is C22H27NO2. The molecule has 0 amide bonds. The van der Waals surface area contributed by atoms with E-state index in [1.807, 2.05) is 56.6 Å². The quantitative estimate of drug-likeness (QED) is 0.781. The molecule has 0 saturated carbocycles. The van der Waals surface area contributed by atoms with Crippen LogP contribution in [0.2, 0.25) is 0 Å². The van der Waals surface area contributed by atoms with E-state index in [2.05, 4.69) is 30.9 Å². The second-order valence-corrected chi connectivity index (χ2v) is 7.85. The first-order chi connectivity index (χ1) is 11.8. The van der Waals surface area contributed by atoms with Gasteiger partial charge in [0, 0.05) is 5.54 Å². The Bertz CT molecular complexity index is 725. The van der Waals surface area contributed by atoms with Gasteiger partial charge in [0.25, 0.3) is 0 Å². The zero-order valence-electron chi connectivity index (χ0n) is 15.6. The monoisotopic (exact) mass is 337 g/mol. The molecule has 2 aromatic rings. The average Bonchev–Trinajstić information content (AvgIpc) is 3.01. The molecule has 0 spiro atoms. The molecule has 0 fully saturated rings. The van der Waals surface area contributed by atoms with Crippen molar-refractivity contribution in [1.82, 2.24) is 4.90 Å². The maximum atomic E-state index is 13.3. The van der Waals surface area contributed by atoms with E-state index in [1.165, 1.54) is 11.1 Å². The Morgan fingerprint density at radius 1 is 1.00 bits per heavy atom. The molecule has 1 aliphatic rings. The van der Waals surface area contributed by atoms with Crippen LogP contribution in [0.4, 0.5) is 0 Å². The van der Waals surface area contributed by atoms with E-state index in [9.17, 15) is 4.79 Å². The molecule has 0 bridgehead atoms. The predicted molar refractivity (Wildman–Crippen MR) is 101 cm³/mol. The highest BCUT2D eigenvalue weighted by atomic mass is 16.5. The second kappa shape index (κ2) is 6.64. The summed E-state index contributed by atoms with van der Waals surface area (Å²) in [6.07, 6.45) is 1.41. The molecule has 25 heavy (non-hydrogen) atoms. The smallest absolute Gasteiger partial charge is 0.317 e. The number of fused-ring (bicyclic) bond motifs is 1. The second-order valence-electron chi connectivity index (χ2n) is 7.85. The Morgan fingerprint density at radius 2 is 1.52 bits per heavy atom. The van der Waals surface area contributed by atoms with Crippen molar-refractivity contribution in [2.45, 2.75) is 37.6 Å². The van der Waals surface area contributed by atoms with Crippen LogP contribution in [0.5, 0.6) is 0 Å². The molecule has 0 N–H and O–H groups in total. The molecule has 1 aliphatic carbocycles. The lowest BCUT2D eigenvalue weighted by atomic mass is 9.77. The maximum Gasteiger partial charge on any atom is 0.317 e. The van der Waals surface area contributed by atoms with Crippen molar-refractivity contribution >= 4 is 5.97 Å². The molecule has 3 rings (SSSR count). The predicted octanol–water partition coefficient (Wildman–Crippen LogP) is 3.61. The minimum absolute atomic E-state index is 0.121. The van der Waals surface area contributed by atoms with Crippen molar-refractivity contribution in [3.63, 3.8) is 0 Å². The SMILES string of the molecule is CN(C)C(C)(C)COC(=O)C1(c2ccccc2)Cc2ccccc2C1. The summed E-state index contributed by atoms with van der Waals surface area (Å²) in [7, 11) is 4.01. The summed E-state index contributed by atoms with van der Waals surface area (Å²) in [4.78, 5) is 15.3. The van der Waals surface area contributed by atoms with Gasteiger partial charge in [0.2, 0.25) is 0 Å². The van der Waals surface area contributed by atoms with Crippen molar-refractivity contribution < 1.29 is 9.53 Å². The third kappa shape index (κ3) is 3.34. The minimum Gasteiger partial charge on any atom is -0.463 e.